The molecule has 0 atom stereocenters. The van der Waals surface area contributed by atoms with Crippen LogP contribution in [-0.2, 0) is 6.42 Å². The Morgan fingerprint density at radius 1 is 1.06 bits per heavy atom. The Labute approximate surface area is 112 Å². The van der Waals surface area contributed by atoms with Gasteiger partial charge in [0, 0.05) is 5.02 Å². The molecule has 0 aliphatic carbocycles. The van der Waals surface area contributed by atoms with Crippen LogP contribution in [0, 0.1) is 6.92 Å². The molecule has 0 aliphatic heterocycles. The van der Waals surface area contributed by atoms with Gasteiger partial charge in [0.05, 0.1) is 0 Å². The predicted octanol–water partition coefficient (Wildman–Crippen LogP) is 3.94. The molecule has 0 aliphatic rings. The van der Waals surface area contributed by atoms with E-state index in [0.717, 1.165) is 28.5 Å². The minimum absolute atomic E-state index is 0.663. The fourth-order valence-electron chi connectivity index (χ4n) is 1.71. The van der Waals surface area contributed by atoms with E-state index < -0.39 is 0 Å². The van der Waals surface area contributed by atoms with Gasteiger partial charge in [0.15, 0.2) is 0 Å². The van der Waals surface area contributed by atoms with Crippen LogP contribution in [0.4, 0.5) is 0 Å². The molecule has 0 amide bonds. The van der Waals surface area contributed by atoms with Crippen LogP contribution in [0.2, 0.25) is 5.02 Å². The second-order valence-corrected chi connectivity index (χ2v) is 4.60. The van der Waals surface area contributed by atoms with E-state index in [0.29, 0.717) is 6.54 Å². The summed E-state index contributed by atoms with van der Waals surface area (Å²) in [5.41, 5.74) is 7.74. The van der Waals surface area contributed by atoms with Crippen LogP contribution < -0.4 is 10.5 Å². The van der Waals surface area contributed by atoms with Gasteiger partial charge in [-0.3, -0.25) is 0 Å². The predicted molar refractivity (Wildman–Crippen MR) is 75.5 cm³/mol. The Morgan fingerprint density at radius 2 is 1.72 bits per heavy atom. The summed E-state index contributed by atoms with van der Waals surface area (Å²) in [6, 6.07) is 13.6. The molecule has 0 heterocycles. The van der Waals surface area contributed by atoms with Gasteiger partial charge in [-0.15, -0.1) is 0 Å². The molecule has 0 bridgehead atoms. The Hall–Kier alpha value is -1.51. The SMILES string of the molecule is Cc1cc(Oc2ccc(CCN)cc2)ccc1Cl. The Kier molecular flexibility index (Phi) is 4.24. The second kappa shape index (κ2) is 5.89. The van der Waals surface area contributed by atoms with Gasteiger partial charge < -0.3 is 10.5 Å². The van der Waals surface area contributed by atoms with Gasteiger partial charge in [-0.25, -0.2) is 0 Å². The average molecular weight is 262 g/mol. The van der Waals surface area contributed by atoms with Crippen LogP contribution in [-0.4, -0.2) is 6.54 Å². The summed E-state index contributed by atoms with van der Waals surface area (Å²) in [4.78, 5) is 0. The third-order valence-electron chi connectivity index (χ3n) is 2.72. The summed E-state index contributed by atoms with van der Waals surface area (Å²) in [7, 11) is 0. The number of aryl methyl sites for hydroxylation is 1. The maximum atomic E-state index is 5.97. The topological polar surface area (TPSA) is 35.2 Å². The first-order valence-electron chi connectivity index (χ1n) is 5.92. The van der Waals surface area contributed by atoms with Crippen LogP contribution in [0.25, 0.3) is 0 Å². The van der Waals surface area contributed by atoms with Crippen LogP contribution in [0.3, 0.4) is 0 Å². The highest BCUT2D eigenvalue weighted by molar-refractivity contribution is 6.31. The lowest BCUT2D eigenvalue weighted by atomic mass is 10.1. The highest BCUT2D eigenvalue weighted by Crippen LogP contribution is 2.26. The van der Waals surface area contributed by atoms with Crippen LogP contribution in [0.1, 0.15) is 11.1 Å². The summed E-state index contributed by atoms with van der Waals surface area (Å²) in [5, 5.41) is 0.751. The van der Waals surface area contributed by atoms with E-state index in [-0.39, 0.29) is 0 Å². The zero-order valence-electron chi connectivity index (χ0n) is 10.3. The molecule has 3 heteroatoms. The number of halogens is 1. The van der Waals surface area contributed by atoms with E-state index in [1.807, 2.05) is 49.4 Å². The van der Waals surface area contributed by atoms with E-state index in [4.69, 9.17) is 22.1 Å². The highest BCUT2D eigenvalue weighted by Gasteiger charge is 2.00. The fraction of sp³-hybridized carbons (Fsp3) is 0.200. The van der Waals surface area contributed by atoms with Crippen molar-refractivity contribution in [2.75, 3.05) is 6.54 Å². The first kappa shape index (κ1) is 12.9. The van der Waals surface area contributed by atoms with Crippen molar-refractivity contribution in [1.29, 1.82) is 0 Å². The smallest absolute Gasteiger partial charge is 0.127 e. The third-order valence-corrected chi connectivity index (χ3v) is 3.15. The molecule has 2 N–H and O–H groups in total. The van der Waals surface area contributed by atoms with Crippen LogP contribution in [0.5, 0.6) is 11.5 Å². The number of nitrogens with two attached hydrogens (primary N) is 1. The van der Waals surface area contributed by atoms with Crippen LogP contribution >= 0.6 is 11.6 Å². The van der Waals surface area contributed by atoms with Crippen molar-refractivity contribution in [3.05, 3.63) is 58.6 Å². The average Bonchev–Trinajstić information content (AvgIpc) is 2.37. The number of ether oxygens (including phenoxy) is 1. The van der Waals surface area contributed by atoms with Gasteiger partial charge in [-0.2, -0.15) is 0 Å². The molecule has 2 rings (SSSR count). The minimum atomic E-state index is 0.663. The molecular formula is C15H16ClNO. The molecule has 0 radical (unpaired) electrons. The van der Waals surface area contributed by atoms with Gasteiger partial charge >= 0.3 is 0 Å². The summed E-state index contributed by atoms with van der Waals surface area (Å²) in [6.07, 6.45) is 0.889. The molecule has 0 aromatic heterocycles. The van der Waals surface area contributed by atoms with Crippen LogP contribution in [0.15, 0.2) is 42.5 Å². The summed E-state index contributed by atoms with van der Waals surface area (Å²) in [5.74, 6) is 1.61. The second-order valence-electron chi connectivity index (χ2n) is 4.20. The van der Waals surface area contributed by atoms with Crippen molar-refractivity contribution in [2.24, 2.45) is 5.73 Å². The maximum Gasteiger partial charge on any atom is 0.127 e. The fourth-order valence-corrected chi connectivity index (χ4v) is 1.83. The Balaban J connectivity index is 2.10. The van der Waals surface area contributed by atoms with Crippen molar-refractivity contribution >= 4 is 11.6 Å². The highest BCUT2D eigenvalue weighted by atomic mass is 35.5. The third kappa shape index (κ3) is 3.25. The zero-order chi connectivity index (χ0) is 13.0. The quantitative estimate of drug-likeness (QED) is 0.905. The lowest BCUT2D eigenvalue weighted by Gasteiger charge is -2.08. The van der Waals surface area contributed by atoms with Gasteiger partial charge in [0.1, 0.15) is 11.5 Å². The first-order valence-corrected chi connectivity index (χ1v) is 6.30. The lowest BCUT2D eigenvalue weighted by Crippen LogP contribution is -2.02. The first-order chi connectivity index (χ1) is 8.69. The summed E-state index contributed by atoms with van der Waals surface area (Å²) in [6.45, 7) is 2.62. The maximum absolute atomic E-state index is 5.97. The number of hydrogen-bond donors (Lipinski definition) is 1. The Morgan fingerprint density at radius 3 is 2.33 bits per heavy atom. The van der Waals surface area contributed by atoms with Crippen molar-refractivity contribution in [3.63, 3.8) is 0 Å². The number of rotatable bonds is 4. The summed E-state index contributed by atoms with van der Waals surface area (Å²) >= 11 is 5.97. The van der Waals surface area contributed by atoms with E-state index in [1.54, 1.807) is 0 Å². The van der Waals surface area contributed by atoms with Crippen molar-refractivity contribution in [3.8, 4) is 11.5 Å². The molecule has 0 spiro atoms. The van der Waals surface area contributed by atoms with E-state index in [2.05, 4.69) is 0 Å². The zero-order valence-corrected chi connectivity index (χ0v) is 11.1. The van der Waals surface area contributed by atoms with E-state index in [1.165, 1.54) is 5.56 Å². The number of hydrogen-bond acceptors (Lipinski definition) is 2. The summed E-state index contributed by atoms with van der Waals surface area (Å²) < 4.78 is 5.76. The molecule has 2 nitrogen and oxygen atoms in total. The normalized spacial score (nSPS) is 10.4. The molecular weight excluding hydrogens is 246 g/mol. The monoisotopic (exact) mass is 261 g/mol. The van der Waals surface area contributed by atoms with Gasteiger partial charge in [-0.05, 0) is 61.3 Å². The molecule has 2 aromatic rings. The number of benzene rings is 2. The Bertz CT molecular complexity index is 523. The molecule has 18 heavy (non-hydrogen) atoms. The van der Waals surface area contributed by atoms with E-state index in [9.17, 15) is 0 Å². The van der Waals surface area contributed by atoms with Gasteiger partial charge in [0.25, 0.3) is 0 Å². The van der Waals surface area contributed by atoms with Crippen molar-refractivity contribution in [1.82, 2.24) is 0 Å². The molecule has 0 unspecified atom stereocenters. The van der Waals surface area contributed by atoms with Crippen molar-refractivity contribution < 1.29 is 4.74 Å². The molecule has 0 saturated carbocycles. The van der Waals surface area contributed by atoms with Crippen molar-refractivity contribution in [2.45, 2.75) is 13.3 Å². The van der Waals surface area contributed by atoms with Gasteiger partial charge in [0.2, 0.25) is 0 Å². The molecule has 0 fully saturated rings. The van der Waals surface area contributed by atoms with E-state index >= 15 is 0 Å². The standard InChI is InChI=1S/C15H16ClNO/c1-11-10-14(6-7-15(11)16)18-13-4-2-12(3-5-13)8-9-17/h2-7,10H,8-9,17H2,1H3. The molecule has 94 valence electrons. The largest absolute Gasteiger partial charge is 0.457 e. The lowest BCUT2D eigenvalue weighted by molar-refractivity contribution is 0.482. The molecule has 0 saturated heterocycles. The molecule has 2 aromatic carbocycles. The minimum Gasteiger partial charge on any atom is -0.457 e. The van der Waals surface area contributed by atoms with Gasteiger partial charge in [-0.1, -0.05) is 23.7 Å².